The summed E-state index contributed by atoms with van der Waals surface area (Å²) >= 11 is 0. The fourth-order valence-corrected chi connectivity index (χ4v) is 1.28. The summed E-state index contributed by atoms with van der Waals surface area (Å²) in [6.45, 7) is 5.35. The number of rotatable bonds is 3. The lowest BCUT2D eigenvalue weighted by atomic mass is 10.2. The molecular formula is C8H12N3O2-. The molecule has 0 fully saturated rings. The van der Waals surface area contributed by atoms with Gasteiger partial charge in [0.2, 0.25) is 0 Å². The number of carbonyl (C=O) groups excluding carboxylic acids is 1. The predicted octanol–water partition coefficient (Wildman–Crippen LogP) is -0.404. The minimum atomic E-state index is -1.07. The molecule has 0 aliphatic heterocycles. The molecule has 13 heavy (non-hydrogen) atoms. The number of carboxylic acid groups (broad SMARTS) is 1. The maximum absolute atomic E-state index is 10.3. The van der Waals surface area contributed by atoms with Crippen molar-refractivity contribution in [3.63, 3.8) is 0 Å². The van der Waals surface area contributed by atoms with Crippen LogP contribution in [-0.2, 0) is 4.79 Å². The Morgan fingerprint density at radius 1 is 1.62 bits per heavy atom. The summed E-state index contributed by atoms with van der Waals surface area (Å²) in [5, 5.41) is 14.4. The van der Waals surface area contributed by atoms with Crippen LogP contribution in [0.3, 0.4) is 0 Å². The lowest BCUT2D eigenvalue weighted by Gasteiger charge is -2.13. The number of nitrogens with zero attached hydrogens (tertiary/aromatic N) is 3. The van der Waals surface area contributed by atoms with E-state index in [0.29, 0.717) is 5.82 Å². The number of carbonyl (C=O) groups is 1. The van der Waals surface area contributed by atoms with Crippen molar-refractivity contribution in [3.05, 3.63) is 11.6 Å². The summed E-state index contributed by atoms with van der Waals surface area (Å²) in [6.07, 6.45) is -0.0381. The van der Waals surface area contributed by atoms with Crippen LogP contribution in [0.5, 0.6) is 0 Å². The van der Waals surface area contributed by atoms with E-state index in [2.05, 4.69) is 10.1 Å². The van der Waals surface area contributed by atoms with Gasteiger partial charge in [0.25, 0.3) is 0 Å². The number of carboxylic acids is 1. The molecule has 0 N–H and O–H groups in total. The SMILES string of the molecule is Cc1nc(C)n([C@H](C)CC(=O)[O-])n1. The highest BCUT2D eigenvalue weighted by Gasteiger charge is 2.10. The van der Waals surface area contributed by atoms with Gasteiger partial charge < -0.3 is 9.90 Å². The molecule has 72 valence electrons. The second-order valence-corrected chi connectivity index (χ2v) is 3.08. The first-order valence-corrected chi connectivity index (χ1v) is 4.10. The maximum atomic E-state index is 10.3. The lowest BCUT2D eigenvalue weighted by molar-refractivity contribution is -0.306. The van der Waals surface area contributed by atoms with Crippen molar-refractivity contribution >= 4 is 5.97 Å². The minimum Gasteiger partial charge on any atom is -0.550 e. The van der Waals surface area contributed by atoms with Crippen molar-refractivity contribution < 1.29 is 9.90 Å². The standard InChI is InChI=1S/C8H13N3O2/c1-5(4-8(12)13)11-7(3)9-6(2)10-11/h5H,4H2,1-3H3,(H,12,13)/p-1/t5-/m1/s1. The highest BCUT2D eigenvalue weighted by molar-refractivity contribution is 5.64. The molecule has 1 atom stereocenters. The molecule has 0 spiro atoms. The Balaban J connectivity index is 2.81. The molecule has 0 aliphatic carbocycles. The summed E-state index contributed by atoms with van der Waals surface area (Å²) in [6, 6.07) is -0.203. The van der Waals surface area contributed by atoms with E-state index >= 15 is 0 Å². The van der Waals surface area contributed by atoms with Crippen LogP contribution in [0.4, 0.5) is 0 Å². The average Bonchev–Trinajstić information content (AvgIpc) is 2.28. The Labute approximate surface area is 76.4 Å². The van der Waals surface area contributed by atoms with E-state index in [-0.39, 0.29) is 12.5 Å². The van der Waals surface area contributed by atoms with E-state index in [9.17, 15) is 9.90 Å². The van der Waals surface area contributed by atoms with Crippen molar-refractivity contribution in [1.82, 2.24) is 14.8 Å². The highest BCUT2D eigenvalue weighted by atomic mass is 16.4. The molecule has 1 aromatic heterocycles. The molecule has 0 amide bonds. The number of aromatic nitrogens is 3. The fourth-order valence-electron chi connectivity index (χ4n) is 1.28. The molecule has 0 aliphatic rings. The van der Waals surface area contributed by atoms with E-state index in [4.69, 9.17) is 0 Å². The largest absolute Gasteiger partial charge is 0.550 e. The smallest absolute Gasteiger partial charge is 0.147 e. The Hall–Kier alpha value is -1.39. The van der Waals surface area contributed by atoms with Crippen LogP contribution >= 0.6 is 0 Å². The Kier molecular flexibility index (Phi) is 2.65. The summed E-state index contributed by atoms with van der Waals surface area (Å²) in [4.78, 5) is 14.4. The first kappa shape index (κ1) is 9.70. The van der Waals surface area contributed by atoms with Gasteiger partial charge in [0.1, 0.15) is 11.6 Å². The third kappa shape index (κ3) is 2.27. The van der Waals surface area contributed by atoms with E-state index in [1.54, 1.807) is 25.5 Å². The van der Waals surface area contributed by atoms with Crippen LogP contribution in [0, 0.1) is 13.8 Å². The molecule has 0 saturated carbocycles. The van der Waals surface area contributed by atoms with E-state index in [1.807, 2.05) is 0 Å². The molecule has 0 radical (unpaired) electrons. The minimum absolute atomic E-state index is 0.0381. The number of hydrogen-bond acceptors (Lipinski definition) is 4. The average molecular weight is 182 g/mol. The molecular weight excluding hydrogens is 170 g/mol. The van der Waals surface area contributed by atoms with Crippen LogP contribution in [0.25, 0.3) is 0 Å². The van der Waals surface area contributed by atoms with Crippen LogP contribution in [0.1, 0.15) is 31.0 Å². The molecule has 0 bridgehead atoms. The van der Waals surface area contributed by atoms with Crippen molar-refractivity contribution in [2.24, 2.45) is 0 Å². The number of aryl methyl sites for hydroxylation is 2. The van der Waals surface area contributed by atoms with Gasteiger partial charge in [0, 0.05) is 12.4 Å². The van der Waals surface area contributed by atoms with Gasteiger partial charge in [-0.3, -0.25) is 0 Å². The normalized spacial score (nSPS) is 12.8. The first-order chi connectivity index (χ1) is 6.00. The van der Waals surface area contributed by atoms with Crippen molar-refractivity contribution in [2.75, 3.05) is 0 Å². The fraction of sp³-hybridized carbons (Fsp3) is 0.625. The summed E-state index contributed by atoms with van der Waals surface area (Å²) in [5.41, 5.74) is 0. The maximum Gasteiger partial charge on any atom is 0.147 e. The molecule has 5 heteroatoms. The second-order valence-electron chi connectivity index (χ2n) is 3.08. The molecule has 1 aromatic rings. The van der Waals surface area contributed by atoms with Crippen molar-refractivity contribution in [1.29, 1.82) is 0 Å². The van der Waals surface area contributed by atoms with Crippen molar-refractivity contribution in [2.45, 2.75) is 33.2 Å². The van der Waals surface area contributed by atoms with Gasteiger partial charge in [0.15, 0.2) is 0 Å². The monoisotopic (exact) mass is 182 g/mol. The molecule has 0 unspecified atom stereocenters. The first-order valence-electron chi connectivity index (χ1n) is 4.10. The van der Waals surface area contributed by atoms with Crippen LogP contribution in [0.2, 0.25) is 0 Å². The van der Waals surface area contributed by atoms with Crippen molar-refractivity contribution in [3.8, 4) is 0 Å². The molecule has 1 heterocycles. The zero-order valence-corrected chi connectivity index (χ0v) is 7.94. The van der Waals surface area contributed by atoms with Crippen LogP contribution in [0.15, 0.2) is 0 Å². The Morgan fingerprint density at radius 3 is 2.62 bits per heavy atom. The van der Waals surface area contributed by atoms with E-state index in [0.717, 1.165) is 5.82 Å². The van der Waals surface area contributed by atoms with Crippen LogP contribution < -0.4 is 5.11 Å². The Morgan fingerprint density at radius 2 is 2.23 bits per heavy atom. The predicted molar refractivity (Wildman–Crippen MR) is 43.8 cm³/mol. The molecule has 0 saturated heterocycles. The molecule has 5 nitrogen and oxygen atoms in total. The second kappa shape index (κ2) is 3.55. The van der Waals surface area contributed by atoms with Crippen LogP contribution in [-0.4, -0.2) is 20.7 Å². The zero-order valence-electron chi connectivity index (χ0n) is 7.94. The summed E-state index contributed by atoms with van der Waals surface area (Å²) in [5.74, 6) is 0.314. The summed E-state index contributed by atoms with van der Waals surface area (Å²) in [7, 11) is 0. The molecule has 1 rings (SSSR count). The molecule has 0 aromatic carbocycles. The summed E-state index contributed by atoms with van der Waals surface area (Å²) < 4.78 is 1.60. The quantitative estimate of drug-likeness (QED) is 0.637. The highest BCUT2D eigenvalue weighted by Crippen LogP contribution is 2.10. The third-order valence-electron chi connectivity index (χ3n) is 1.79. The number of hydrogen-bond donors (Lipinski definition) is 0. The Bertz CT molecular complexity index is 319. The zero-order chi connectivity index (χ0) is 10.0. The topological polar surface area (TPSA) is 70.8 Å². The van der Waals surface area contributed by atoms with Gasteiger partial charge in [-0.15, -0.1) is 0 Å². The third-order valence-corrected chi connectivity index (χ3v) is 1.79. The van der Waals surface area contributed by atoms with Gasteiger partial charge in [-0.25, -0.2) is 9.67 Å². The van der Waals surface area contributed by atoms with Gasteiger partial charge in [-0.2, -0.15) is 5.10 Å². The lowest BCUT2D eigenvalue weighted by Crippen LogP contribution is -2.26. The van der Waals surface area contributed by atoms with E-state index < -0.39 is 5.97 Å². The van der Waals surface area contributed by atoms with Gasteiger partial charge in [-0.1, -0.05) is 0 Å². The van der Waals surface area contributed by atoms with Gasteiger partial charge in [-0.05, 0) is 20.8 Å². The van der Waals surface area contributed by atoms with Gasteiger partial charge in [0.05, 0.1) is 6.04 Å². The van der Waals surface area contributed by atoms with Gasteiger partial charge >= 0.3 is 0 Å². The number of aliphatic carboxylic acids is 1. The van der Waals surface area contributed by atoms with E-state index in [1.165, 1.54) is 0 Å².